The highest BCUT2D eigenvalue weighted by Gasteiger charge is 2.43. The molecular weight excluding hydrogens is 390 g/mol. The van der Waals surface area contributed by atoms with Crippen LogP contribution in [-0.2, 0) is 16.8 Å². The number of rotatable bonds is 2. The number of nitrogens with zero attached hydrogens (tertiary/aromatic N) is 5. The van der Waals surface area contributed by atoms with Gasteiger partial charge in [-0.1, -0.05) is 30.3 Å². The third kappa shape index (κ3) is 3.49. The first-order chi connectivity index (χ1) is 15.1. The lowest BCUT2D eigenvalue weighted by Crippen LogP contribution is -2.49. The maximum atomic E-state index is 13.2. The minimum absolute atomic E-state index is 0.00542. The van der Waals surface area contributed by atoms with Crippen LogP contribution in [0.15, 0.2) is 42.9 Å². The quantitative estimate of drug-likeness (QED) is 0.639. The molecule has 2 aliphatic rings. The first-order valence-corrected chi connectivity index (χ1v) is 10.7. The van der Waals surface area contributed by atoms with Crippen molar-refractivity contribution in [2.75, 3.05) is 19.7 Å². The molecule has 7 heteroatoms. The molecule has 1 amide bonds. The first kappa shape index (κ1) is 19.8. The molecule has 0 N–H and O–H groups in total. The van der Waals surface area contributed by atoms with Gasteiger partial charge >= 0.3 is 0 Å². The van der Waals surface area contributed by atoms with Gasteiger partial charge in [0.2, 0.25) is 0 Å². The van der Waals surface area contributed by atoms with Gasteiger partial charge in [-0.05, 0) is 38.7 Å². The van der Waals surface area contributed by atoms with E-state index in [2.05, 4.69) is 15.0 Å². The van der Waals surface area contributed by atoms with Crippen molar-refractivity contribution < 1.29 is 9.53 Å². The van der Waals surface area contributed by atoms with Crippen LogP contribution < -0.4 is 0 Å². The summed E-state index contributed by atoms with van der Waals surface area (Å²) in [4.78, 5) is 33.0. The molecule has 0 aliphatic carbocycles. The van der Waals surface area contributed by atoms with Gasteiger partial charge in [-0.2, -0.15) is 0 Å². The third-order valence-electron chi connectivity index (χ3n) is 6.38. The Kier molecular flexibility index (Phi) is 4.98. The van der Waals surface area contributed by atoms with Gasteiger partial charge < -0.3 is 9.64 Å². The third-order valence-corrected chi connectivity index (χ3v) is 6.38. The predicted octanol–water partition coefficient (Wildman–Crippen LogP) is 3.25. The van der Waals surface area contributed by atoms with E-state index in [0.29, 0.717) is 38.1 Å². The smallest absolute Gasteiger partial charge is 0.257 e. The normalized spacial score (nSPS) is 17.4. The molecule has 4 heterocycles. The van der Waals surface area contributed by atoms with Crippen molar-refractivity contribution in [1.29, 1.82) is 0 Å². The number of benzene rings is 1. The molecule has 2 aromatic heterocycles. The van der Waals surface area contributed by atoms with E-state index in [1.165, 1.54) is 6.33 Å². The van der Waals surface area contributed by atoms with Crippen LogP contribution in [0, 0.1) is 13.8 Å². The van der Waals surface area contributed by atoms with Crippen molar-refractivity contribution in [3.8, 4) is 11.4 Å². The molecule has 0 saturated carbocycles. The molecule has 1 saturated heterocycles. The molecular formula is C24H25N5O2. The molecule has 2 aliphatic heterocycles. The molecule has 1 spiro atoms. The minimum Gasteiger partial charge on any atom is -0.368 e. The summed E-state index contributed by atoms with van der Waals surface area (Å²) in [5.74, 6) is 0.713. The Balaban J connectivity index is 1.42. The van der Waals surface area contributed by atoms with Gasteiger partial charge in [0.15, 0.2) is 5.82 Å². The Morgan fingerprint density at radius 2 is 1.74 bits per heavy atom. The number of hydrogen-bond donors (Lipinski definition) is 0. The summed E-state index contributed by atoms with van der Waals surface area (Å²) in [5.41, 5.74) is 4.71. The van der Waals surface area contributed by atoms with Crippen molar-refractivity contribution >= 4 is 5.91 Å². The lowest BCUT2D eigenvalue weighted by Gasteiger charge is -2.44. The van der Waals surface area contributed by atoms with E-state index >= 15 is 0 Å². The second kappa shape index (κ2) is 7.81. The van der Waals surface area contributed by atoms with E-state index in [0.717, 1.165) is 40.5 Å². The van der Waals surface area contributed by atoms with Crippen molar-refractivity contribution in [2.45, 2.75) is 38.7 Å². The number of aryl methyl sites for hydroxylation is 2. The van der Waals surface area contributed by atoms with E-state index < -0.39 is 5.60 Å². The van der Waals surface area contributed by atoms with Gasteiger partial charge in [-0.25, -0.2) is 19.9 Å². The predicted molar refractivity (Wildman–Crippen MR) is 115 cm³/mol. The number of aromatic nitrogens is 4. The first-order valence-electron chi connectivity index (χ1n) is 10.7. The van der Waals surface area contributed by atoms with Crippen LogP contribution in [-0.4, -0.2) is 50.4 Å². The lowest BCUT2D eigenvalue weighted by molar-refractivity contribution is -0.0967. The van der Waals surface area contributed by atoms with Crippen LogP contribution in [0.3, 0.4) is 0 Å². The van der Waals surface area contributed by atoms with Gasteiger partial charge in [-0.3, -0.25) is 4.79 Å². The standard InChI is InChI=1S/C24H25N5O2/c1-16-20(17(2)27-15-26-16)23(30)29-11-9-24(10-12-29)21-19(8-13-31-24)14-25-22(28-21)18-6-4-3-5-7-18/h3-7,14-15H,8-13H2,1-2H3. The number of carbonyl (C=O) groups is 1. The lowest BCUT2D eigenvalue weighted by atomic mass is 9.83. The van der Waals surface area contributed by atoms with Crippen molar-refractivity contribution in [3.05, 3.63) is 71.1 Å². The molecule has 0 radical (unpaired) electrons. The number of ether oxygens (including phenoxy) is 1. The molecule has 0 unspecified atom stereocenters. The molecule has 5 rings (SSSR count). The van der Waals surface area contributed by atoms with Crippen molar-refractivity contribution in [3.63, 3.8) is 0 Å². The zero-order chi connectivity index (χ0) is 21.4. The second-order valence-corrected chi connectivity index (χ2v) is 8.24. The minimum atomic E-state index is -0.464. The molecule has 158 valence electrons. The van der Waals surface area contributed by atoms with Crippen LogP contribution >= 0.6 is 0 Å². The topological polar surface area (TPSA) is 81.1 Å². The van der Waals surface area contributed by atoms with Crippen molar-refractivity contribution in [1.82, 2.24) is 24.8 Å². The average Bonchev–Trinajstić information content (AvgIpc) is 2.80. The highest BCUT2D eigenvalue weighted by molar-refractivity contribution is 5.96. The molecule has 31 heavy (non-hydrogen) atoms. The summed E-state index contributed by atoms with van der Waals surface area (Å²) in [7, 11) is 0. The Morgan fingerprint density at radius 1 is 1.03 bits per heavy atom. The zero-order valence-electron chi connectivity index (χ0n) is 17.8. The maximum absolute atomic E-state index is 13.2. The fraction of sp³-hybridized carbons (Fsp3) is 0.375. The number of likely N-dealkylation sites (tertiary alicyclic amines) is 1. The van der Waals surface area contributed by atoms with Crippen LogP contribution in [0.1, 0.15) is 45.8 Å². The van der Waals surface area contributed by atoms with E-state index in [1.807, 2.05) is 55.3 Å². The van der Waals surface area contributed by atoms with Gasteiger partial charge in [0, 0.05) is 24.8 Å². The summed E-state index contributed by atoms with van der Waals surface area (Å²) in [6, 6.07) is 10.0. The summed E-state index contributed by atoms with van der Waals surface area (Å²) in [5, 5.41) is 0. The fourth-order valence-electron chi connectivity index (χ4n) is 4.65. The number of hydrogen-bond acceptors (Lipinski definition) is 6. The van der Waals surface area contributed by atoms with E-state index in [4.69, 9.17) is 9.72 Å². The van der Waals surface area contributed by atoms with Crippen LogP contribution in [0.4, 0.5) is 0 Å². The van der Waals surface area contributed by atoms with Crippen LogP contribution in [0.5, 0.6) is 0 Å². The van der Waals surface area contributed by atoms with E-state index in [-0.39, 0.29) is 5.91 Å². The monoisotopic (exact) mass is 415 g/mol. The van der Waals surface area contributed by atoms with E-state index in [9.17, 15) is 4.79 Å². The zero-order valence-corrected chi connectivity index (χ0v) is 17.8. The Bertz CT molecular complexity index is 1100. The molecule has 0 bridgehead atoms. The summed E-state index contributed by atoms with van der Waals surface area (Å²) >= 11 is 0. The van der Waals surface area contributed by atoms with Gasteiger partial charge in [0.25, 0.3) is 5.91 Å². The molecule has 1 aromatic carbocycles. The van der Waals surface area contributed by atoms with Crippen molar-refractivity contribution in [2.24, 2.45) is 0 Å². The largest absolute Gasteiger partial charge is 0.368 e. The maximum Gasteiger partial charge on any atom is 0.257 e. The molecule has 7 nitrogen and oxygen atoms in total. The number of amides is 1. The second-order valence-electron chi connectivity index (χ2n) is 8.24. The van der Waals surface area contributed by atoms with Gasteiger partial charge in [0.1, 0.15) is 11.9 Å². The van der Waals surface area contributed by atoms with E-state index in [1.54, 1.807) is 0 Å². The summed E-state index contributed by atoms with van der Waals surface area (Å²) < 4.78 is 6.35. The molecule has 0 atom stereocenters. The Labute approximate surface area is 181 Å². The molecule has 1 fully saturated rings. The van der Waals surface area contributed by atoms with Gasteiger partial charge in [-0.15, -0.1) is 0 Å². The van der Waals surface area contributed by atoms with Crippen LogP contribution in [0.2, 0.25) is 0 Å². The number of carbonyl (C=O) groups excluding carboxylic acids is 1. The SMILES string of the molecule is Cc1ncnc(C)c1C(=O)N1CCC2(CC1)OCCc1cnc(-c3ccccc3)nc12. The summed E-state index contributed by atoms with van der Waals surface area (Å²) in [6.45, 7) is 5.58. The Hall–Kier alpha value is -3.19. The fourth-order valence-corrected chi connectivity index (χ4v) is 4.65. The number of fused-ring (bicyclic) bond motifs is 2. The number of piperidine rings is 1. The molecule has 3 aromatic rings. The highest BCUT2D eigenvalue weighted by atomic mass is 16.5. The highest BCUT2D eigenvalue weighted by Crippen LogP contribution is 2.41. The average molecular weight is 415 g/mol. The Morgan fingerprint density at radius 3 is 2.45 bits per heavy atom. The summed E-state index contributed by atoms with van der Waals surface area (Å²) in [6.07, 6.45) is 5.68. The van der Waals surface area contributed by atoms with Crippen LogP contribution in [0.25, 0.3) is 11.4 Å². The van der Waals surface area contributed by atoms with Gasteiger partial charge in [0.05, 0.1) is 29.3 Å².